The van der Waals surface area contributed by atoms with Crippen molar-refractivity contribution in [2.24, 2.45) is 5.73 Å². The Morgan fingerprint density at radius 2 is 2.00 bits per heavy atom. The van der Waals surface area contributed by atoms with Crippen LogP contribution >= 0.6 is 22.7 Å². The molecule has 3 aromatic heterocycles. The van der Waals surface area contributed by atoms with E-state index in [1.165, 1.54) is 19.9 Å². The topological polar surface area (TPSA) is 81.2 Å². The third-order valence-electron chi connectivity index (χ3n) is 5.48. The van der Waals surface area contributed by atoms with Gasteiger partial charge in [0.1, 0.15) is 12.4 Å². The molecule has 4 aromatic rings. The first-order valence-electron chi connectivity index (χ1n) is 9.72. The fraction of sp³-hybridized carbons (Fsp3) is 0.227. The third kappa shape index (κ3) is 3.36. The van der Waals surface area contributed by atoms with E-state index in [-0.39, 0.29) is 18.1 Å². The van der Waals surface area contributed by atoms with Crippen LogP contribution in [-0.4, -0.2) is 26.9 Å². The van der Waals surface area contributed by atoms with Crippen molar-refractivity contribution >= 4 is 39.5 Å². The largest absolute Gasteiger partial charge is 0.368 e. The van der Waals surface area contributed by atoms with Crippen LogP contribution in [-0.2, 0) is 24.3 Å². The van der Waals surface area contributed by atoms with Crippen molar-refractivity contribution in [2.75, 3.05) is 6.54 Å². The lowest BCUT2D eigenvalue weighted by Gasteiger charge is -2.35. The van der Waals surface area contributed by atoms with E-state index in [1.807, 2.05) is 12.1 Å². The second kappa shape index (κ2) is 7.79. The van der Waals surface area contributed by atoms with Gasteiger partial charge in [-0.25, -0.2) is 4.98 Å². The quantitative estimate of drug-likeness (QED) is 0.521. The van der Waals surface area contributed by atoms with Crippen molar-refractivity contribution in [3.8, 4) is 0 Å². The molecule has 30 heavy (non-hydrogen) atoms. The van der Waals surface area contributed by atoms with Crippen molar-refractivity contribution in [3.05, 3.63) is 84.7 Å². The van der Waals surface area contributed by atoms with Crippen LogP contribution in [0.4, 0.5) is 0 Å². The number of nitrogens with zero attached hydrogens (tertiary/aromatic N) is 3. The molecular weight excluding hydrogens is 416 g/mol. The van der Waals surface area contributed by atoms with Gasteiger partial charge in [0.15, 0.2) is 0 Å². The van der Waals surface area contributed by atoms with E-state index in [2.05, 4.69) is 33.9 Å². The van der Waals surface area contributed by atoms with Crippen molar-refractivity contribution in [3.63, 3.8) is 0 Å². The summed E-state index contributed by atoms with van der Waals surface area (Å²) >= 11 is 3.53. The summed E-state index contributed by atoms with van der Waals surface area (Å²) in [5, 5.41) is 4.73. The Kier molecular flexibility index (Phi) is 4.98. The molecule has 4 heterocycles. The van der Waals surface area contributed by atoms with Crippen LogP contribution < -0.4 is 11.3 Å². The van der Waals surface area contributed by atoms with E-state index in [0.717, 1.165) is 13.0 Å². The van der Waals surface area contributed by atoms with Gasteiger partial charge >= 0.3 is 0 Å². The minimum absolute atomic E-state index is 0.116. The van der Waals surface area contributed by atoms with Crippen LogP contribution in [0, 0.1) is 0 Å². The molecule has 8 heteroatoms. The molecule has 0 bridgehead atoms. The van der Waals surface area contributed by atoms with E-state index >= 15 is 0 Å². The Morgan fingerprint density at radius 3 is 2.80 bits per heavy atom. The van der Waals surface area contributed by atoms with Crippen molar-refractivity contribution in [1.29, 1.82) is 0 Å². The Bertz CT molecular complexity index is 1280. The first kappa shape index (κ1) is 19.2. The molecular formula is C22H20N4O2S2. The number of carbonyl (C=O) groups is 1. The van der Waals surface area contributed by atoms with Crippen molar-refractivity contribution < 1.29 is 4.79 Å². The highest BCUT2D eigenvalue weighted by Gasteiger charge is 2.31. The van der Waals surface area contributed by atoms with Crippen LogP contribution in [0.2, 0.25) is 0 Å². The molecule has 0 unspecified atom stereocenters. The van der Waals surface area contributed by atoms with E-state index in [1.54, 1.807) is 34.8 Å². The molecule has 1 aromatic carbocycles. The molecule has 0 saturated heterocycles. The van der Waals surface area contributed by atoms with Crippen LogP contribution in [0.25, 0.3) is 10.9 Å². The molecule has 6 nitrogen and oxygen atoms in total. The number of carbonyl (C=O) groups excluding carboxylic acids is 1. The predicted molar refractivity (Wildman–Crippen MR) is 120 cm³/mol. The molecule has 1 amide bonds. The third-order valence-corrected chi connectivity index (χ3v) is 7.40. The second-order valence-corrected chi connectivity index (χ2v) is 9.32. The monoisotopic (exact) mass is 436 g/mol. The van der Waals surface area contributed by atoms with Crippen LogP contribution in [0.1, 0.15) is 27.2 Å². The van der Waals surface area contributed by atoms with Gasteiger partial charge in [-0.05, 0) is 47.0 Å². The zero-order valence-electron chi connectivity index (χ0n) is 16.2. The number of benzene rings is 1. The van der Waals surface area contributed by atoms with Crippen molar-refractivity contribution in [2.45, 2.75) is 25.6 Å². The zero-order chi connectivity index (χ0) is 20.7. The summed E-state index contributed by atoms with van der Waals surface area (Å²) in [4.78, 5) is 34.6. The standard InChI is InChI=1S/C22H20N4O2S2/c23-19(27)12-26-20(24-16-5-2-1-4-14(16)22(26)28)13-25-9-7-17-15(8-11-30-17)21(25)18-6-3-10-29-18/h1-6,8,10-11,21H,7,9,12-13H2,(H2,23,27)/t21-/m1/s1. The number of fused-ring (bicyclic) bond motifs is 2. The van der Waals surface area contributed by atoms with Gasteiger partial charge in [0.25, 0.3) is 5.56 Å². The minimum Gasteiger partial charge on any atom is -0.368 e. The summed E-state index contributed by atoms with van der Waals surface area (Å²) < 4.78 is 1.43. The second-order valence-electron chi connectivity index (χ2n) is 7.34. The molecule has 5 rings (SSSR count). The van der Waals surface area contributed by atoms with Gasteiger partial charge in [-0.1, -0.05) is 18.2 Å². The molecule has 1 aliphatic heterocycles. The lowest BCUT2D eigenvalue weighted by molar-refractivity contribution is -0.118. The van der Waals surface area contributed by atoms with E-state index < -0.39 is 5.91 Å². The zero-order valence-corrected chi connectivity index (χ0v) is 17.8. The number of amides is 1. The summed E-state index contributed by atoms with van der Waals surface area (Å²) in [7, 11) is 0. The smallest absolute Gasteiger partial charge is 0.261 e. The van der Waals surface area contributed by atoms with Gasteiger partial charge in [0.2, 0.25) is 5.91 Å². The Hall–Kier alpha value is -2.81. The number of primary amides is 1. The number of para-hydroxylation sites is 1. The van der Waals surface area contributed by atoms with Crippen LogP contribution in [0.5, 0.6) is 0 Å². The average molecular weight is 437 g/mol. The highest BCUT2D eigenvalue weighted by atomic mass is 32.1. The molecule has 0 fully saturated rings. The Labute approximate surface area is 181 Å². The molecule has 0 saturated carbocycles. The molecule has 2 N–H and O–H groups in total. The summed E-state index contributed by atoms with van der Waals surface area (Å²) in [6.45, 7) is 1.15. The van der Waals surface area contributed by atoms with Crippen LogP contribution in [0.3, 0.4) is 0 Å². The maximum atomic E-state index is 13.1. The molecule has 1 atom stereocenters. The maximum Gasteiger partial charge on any atom is 0.261 e. The summed E-state index contributed by atoms with van der Waals surface area (Å²) in [5.41, 5.74) is 7.19. The molecule has 152 valence electrons. The Morgan fingerprint density at radius 1 is 1.13 bits per heavy atom. The summed E-state index contributed by atoms with van der Waals surface area (Å²) in [6, 6.07) is 13.8. The van der Waals surface area contributed by atoms with E-state index in [9.17, 15) is 9.59 Å². The lowest BCUT2D eigenvalue weighted by Crippen LogP contribution is -2.38. The van der Waals surface area contributed by atoms with Gasteiger partial charge in [0, 0.05) is 16.3 Å². The van der Waals surface area contributed by atoms with E-state index in [0.29, 0.717) is 23.3 Å². The average Bonchev–Trinajstić information content (AvgIpc) is 3.42. The SMILES string of the molecule is NC(=O)Cn1c(CN2CCc3sccc3[C@@H]2c2cccs2)nc2ccccc2c1=O. The summed E-state index contributed by atoms with van der Waals surface area (Å²) in [6.07, 6.45) is 0.961. The van der Waals surface area contributed by atoms with Gasteiger partial charge in [0.05, 0.1) is 23.5 Å². The molecule has 0 radical (unpaired) electrons. The molecule has 0 aliphatic carbocycles. The number of hydrogen-bond acceptors (Lipinski definition) is 6. The normalized spacial score (nSPS) is 16.6. The van der Waals surface area contributed by atoms with Gasteiger partial charge in [-0.15, -0.1) is 22.7 Å². The van der Waals surface area contributed by atoms with Gasteiger partial charge in [-0.2, -0.15) is 0 Å². The number of nitrogens with two attached hydrogens (primary N) is 1. The highest BCUT2D eigenvalue weighted by Crippen LogP contribution is 2.40. The first-order valence-corrected chi connectivity index (χ1v) is 11.5. The molecule has 0 spiro atoms. The first-order chi connectivity index (χ1) is 14.6. The van der Waals surface area contributed by atoms with Gasteiger partial charge < -0.3 is 5.73 Å². The molecule has 1 aliphatic rings. The fourth-order valence-electron chi connectivity index (χ4n) is 4.15. The van der Waals surface area contributed by atoms with Crippen molar-refractivity contribution in [1.82, 2.24) is 14.5 Å². The summed E-state index contributed by atoms with van der Waals surface area (Å²) in [5.74, 6) is 0.0155. The Balaban J connectivity index is 1.61. The number of hydrogen-bond donors (Lipinski definition) is 1. The number of rotatable bonds is 5. The highest BCUT2D eigenvalue weighted by molar-refractivity contribution is 7.10. The minimum atomic E-state index is -0.552. The maximum absolute atomic E-state index is 13.1. The van der Waals surface area contributed by atoms with Gasteiger partial charge in [-0.3, -0.25) is 19.1 Å². The number of thiophene rings is 2. The van der Waals surface area contributed by atoms with E-state index in [4.69, 9.17) is 10.7 Å². The number of aromatic nitrogens is 2. The fourth-order valence-corrected chi connectivity index (χ4v) is 5.93. The predicted octanol–water partition coefficient (Wildman–Crippen LogP) is 3.15. The lowest BCUT2D eigenvalue weighted by atomic mass is 9.98. The van der Waals surface area contributed by atoms with Crippen LogP contribution in [0.15, 0.2) is 58.0 Å².